The van der Waals surface area contributed by atoms with Crippen LogP contribution in [0, 0.1) is 6.92 Å². The predicted molar refractivity (Wildman–Crippen MR) is 115 cm³/mol. The normalized spacial score (nSPS) is 12.0. The summed E-state index contributed by atoms with van der Waals surface area (Å²) in [7, 11) is 0. The Morgan fingerprint density at radius 2 is 1.89 bits per heavy atom. The molecular weight excluding hydrogens is 356 g/mol. The van der Waals surface area contributed by atoms with Crippen LogP contribution in [0.4, 0.5) is 5.69 Å². The van der Waals surface area contributed by atoms with E-state index < -0.39 is 0 Å². The van der Waals surface area contributed by atoms with Gasteiger partial charge in [-0.15, -0.1) is 0 Å². The Kier molecular flexibility index (Phi) is 5.91. The minimum atomic E-state index is -0.349. The van der Waals surface area contributed by atoms with Crippen LogP contribution in [0.1, 0.15) is 43.0 Å². The quantitative estimate of drug-likeness (QED) is 0.476. The van der Waals surface area contributed by atoms with E-state index >= 15 is 0 Å². The molecule has 0 aliphatic rings. The molecule has 140 valence electrons. The minimum absolute atomic E-state index is 0.0845. The number of rotatable bonds is 5. The molecule has 2 N–H and O–H groups in total. The Bertz CT molecular complexity index is 1010. The fourth-order valence-electron chi connectivity index (χ4n) is 3.11. The summed E-state index contributed by atoms with van der Waals surface area (Å²) in [5, 5.41) is 7.90. The number of anilines is 1. The van der Waals surface area contributed by atoms with Crippen molar-refractivity contribution in [3.8, 4) is 0 Å². The van der Waals surface area contributed by atoms with Gasteiger partial charge < -0.3 is 15.1 Å². The van der Waals surface area contributed by atoms with Crippen molar-refractivity contribution >= 4 is 34.0 Å². The molecule has 0 amide bonds. The molecule has 0 aliphatic carbocycles. The van der Waals surface area contributed by atoms with Gasteiger partial charge in [0, 0.05) is 23.2 Å². The van der Waals surface area contributed by atoms with Gasteiger partial charge in [-0.3, -0.25) is 0 Å². The molecule has 1 atom stereocenters. The van der Waals surface area contributed by atoms with Gasteiger partial charge in [0.1, 0.15) is 5.58 Å². The summed E-state index contributed by atoms with van der Waals surface area (Å²) in [4.78, 5) is 11.6. The van der Waals surface area contributed by atoms with Crippen LogP contribution in [0.25, 0.3) is 11.0 Å². The summed E-state index contributed by atoms with van der Waals surface area (Å²) in [6.45, 7) is 6.15. The highest BCUT2D eigenvalue weighted by atomic mass is 32.1. The zero-order valence-electron chi connectivity index (χ0n) is 15.8. The van der Waals surface area contributed by atoms with Crippen molar-refractivity contribution in [3.63, 3.8) is 0 Å². The lowest BCUT2D eigenvalue weighted by Crippen LogP contribution is -2.30. The molecule has 0 saturated carbocycles. The molecule has 0 spiro atoms. The molecule has 0 fully saturated rings. The highest BCUT2D eigenvalue weighted by molar-refractivity contribution is 7.80. The van der Waals surface area contributed by atoms with E-state index in [2.05, 4.69) is 48.7 Å². The lowest BCUT2D eigenvalue weighted by molar-refractivity contribution is 0.560. The van der Waals surface area contributed by atoms with Crippen molar-refractivity contribution in [2.75, 3.05) is 5.32 Å². The van der Waals surface area contributed by atoms with Gasteiger partial charge in [-0.2, -0.15) is 0 Å². The molecule has 0 aliphatic heterocycles. The van der Waals surface area contributed by atoms with Crippen LogP contribution in [0.5, 0.6) is 0 Å². The van der Waals surface area contributed by atoms with Gasteiger partial charge in [0.25, 0.3) is 0 Å². The van der Waals surface area contributed by atoms with Crippen molar-refractivity contribution in [2.45, 2.75) is 39.7 Å². The zero-order chi connectivity index (χ0) is 19.4. The molecule has 0 saturated heterocycles. The zero-order valence-corrected chi connectivity index (χ0v) is 16.7. The van der Waals surface area contributed by atoms with Crippen molar-refractivity contribution in [2.24, 2.45) is 0 Å². The van der Waals surface area contributed by atoms with Gasteiger partial charge in [-0.1, -0.05) is 37.6 Å². The fraction of sp³-hybridized carbons (Fsp3) is 0.273. The van der Waals surface area contributed by atoms with E-state index in [1.165, 1.54) is 17.2 Å². The van der Waals surface area contributed by atoms with Gasteiger partial charge in [0.2, 0.25) is 0 Å². The first kappa shape index (κ1) is 19.1. The Labute approximate surface area is 164 Å². The maximum absolute atomic E-state index is 11.6. The van der Waals surface area contributed by atoms with E-state index in [4.69, 9.17) is 16.6 Å². The van der Waals surface area contributed by atoms with E-state index in [-0.39, 0.29) is 11.7 Å². The average molecular weight is 381 g/mol. The molecule has 3 aromatic rings. The number of hydrogen-bond donors (Lipinski definition) is 2. The van der Waals surface area contributed by atoms with Gasteiger partial charge in [0.05, 0.1) is 6.04 Å². The lowest BCUT2D eigenvalue weighted by atomic mass is 10.0. The number of thiocarbonyl (C=S) groups is 1. The van der Waals surface area contributed by atoms with Gasteiger partial charge in [0.15, 0.2) is 5.11 Å². The van der Waals surface area contributed by atoms with E-state index in [0.29, 0.717) is 10.7 Å². The molecular formula is C22H24N2O2S. The van der Waals surface area contributed by atoms with Crippen molar-refractivity contribution in [3.05, 3.63) is 75.6 Å². The molecule has 0 bridgehead atoms. The topological polar surface area (TPSA) is 54.3 Å². The van der Waals surface area contributed by atoms with Gasteiger partial charge in [-0.05, 0) is 61.3 Å². The maximum atomic E-state index is 11.6. The number of benzene rings is 2. The highest BCUT2D eigenvalue weighted by Gasteiger charge is 2.09. The maximum Gasteiger partial charge on any atom is 0.336 e. The predicted octanol–water partition coefficient (Wildman–Crippen LogP) is 5.10. The van der Waals surface area contributed by atoms with E-state index in [9.17, 15) is 4.79 Å². The van der Waals surface area contributed by atoms with Crippen LogP contribution in [0.15, 0.2) is 57.7 Å². The largest absolute Gasteiger partial charge is 0.423 e. The Hall–Kier alpha value is -2.66. The second-order valence-electron chi connectivity index (χ2n) is 6.77. The number of aryl methyl sites for hydroxylation is 2. The van der Waals surface area contributed by atoms with Crippen LogP contribution >= 0.6 is 12.2 Å². The molecule has 2 aromatic carbocycles. The SMILES string of the molecule is CCCc1ccc(C(C)NC(=S)Nc2ccc3c(C)cc(=O)oc3c2)cc1. The van der Waals surface area contributed by atoms with Gasteiger partial charge >= 0.3 is 5.63 Å². The summed E-state index contributed by atoms with van der Waals surface area (Å²) < 4.78 is 5.29. The third-order valence-electron chi connectivity index (χ3n) is 4.58. The summed E-state index contributed by atoms with van der Waals surface area (Å²) >= 11 is 5.44. The third-order valence-corrected chi connectivity index (χ3v) is 4.80. The average Bonchev–Trinajstić information content (AvgIpc) is 2.62. The fourth-order valence-corrected chi connectivity index (χ4v) is 3.41. The van der Waals surface area contributed by atoms with E-state index in [1.807, 2.05) is 19.1 Å². The Balaban J connectivity index is 1.68. The Morgan fingerprint density at radius 3 is 2.59 bits per heavy atom. The Morgan fingerprint density at radius 1 is 1.15 bits per heavy atom. The third kappa shape index (κ3) is 4.74. The summed E-state index contributed by atoms with van der Waals surface area (Å²) in [5.41, 5.74) is 4.40. The van der Waals surface area contributed by atoms with Crippen molar-refractivity contribution in [1.29, 1.82) is 0 Å². The molecule has 1 unspecified atom stereocenters. The van der Waals surface area contributed by atoms with Crippen LogP contribution in [-0.2, 0) is 6.42 Å². The first-order valence-corrected chi connectivity index (χ1v) is 9.58. The summed E-state index contributed by atoms with van der Waals surface area (Å²) in [6.07, 6.45) is 2.24. The standard InChI is InChI=1S/C22H24N2O2S/c1-4-5-16-6-8-17(9-7-16)15(3)23-22(27)24-18-10-11-19-14(2)12-21(25)26-20(19)13-18/h6-13,15H,4-5H2,1-3H3,(H2,23,24,27). The molecule has 1 aromatic heterocycles. The number of fused-ring (bicyclic) bond motifs is 1. The van der Waals surface area contributed by atoms with Crippen LogP contribution in [0.3, 0.4) is 0 Å². The van der Waals surface area contributed by atoms with Crippen LogP contribution in [0.2, 0.25) is 0 Å². The molecule has 27 heavy (non-hydrogen) atoms. The first-order valence-electron chi connectivity index (χ1n) is 9.17. The van der Waals surface area contributed by atoms with Crippen LogP contribution in [-0.4, -0.2) is 5.11 Å². The van der Waals surface area contributed by atoms with Crippen molar-refractivity contribution < 1.29 is 4.42 Å². The van der Waals surface area contributed by atoms with Crippen molar-refractivity contribution in [1.82, 2.24) is 5.32 Å². The number of nitrogens with one attached hydrogen (secondary N) is 2. The summed E-state index contributed by atoms with van der Waals surface area (Å²) in [6, 6.07) is 15.8. The second kappa shape index (κ2) is 8.35. The number of hydrogen-bond acceptors (Lipinski definition) is 3. The van der Waals surface area contributed by atoms with Gasteiger partial charge in [-0.25, -0.2) is 4.79 Å². The van der Waals surface area contributed by atoms with E-state index in [0.717, 1.165) is 29.5 Å². The lowest BCUT2D eigenvalue weighted by Gasteiger charge is -2.18. The minimum Gasteiger partial charge on any atom is -0.423 e. The first-order chi connectivity index (χ1) is 13.0. The second-order valence-corrected chi connectivity index (χ2v) is 7.18. The monoisotopic (exact) mass is 380 g/mol. The van der Waals surface area contributed by atoms with Crippen LogP contribution < -0.4 is 16.3 Å². The molecule has 3 rings (SSSR count). The molecule has 1 heterocycles. The smallest absolute Gasteiger partial charge is 0.336 e. The molecule has 5 heteroatoms. The molecule has 0 radical (unpaired) electrons. The highest BCUT2D eigenvalue weighted by Crippen LogP contribution is 2.21. The van der Waals surface area contributed by atoms with E-state index in [1.54, 1.807) is 6.07 Å². The molecule has 4 nitrogen and oxygen atoms in total. The summed E-state index contributed by atoms with van der Waals surface area (Å²) in [5.74, 6) is 0.